The van der Waals surface area contributed by atoms with Gasteiger partial charge in [-0.15, -0.1) is 0 Å². The average molecular weight is 410 g/mol. The molecule has 0 aliphatic carbocycles. The summed E-state index contributed by atoms with van der Waals surface area (Å²) in [4.78, 5) is 28.6. The minimum Gasteiger partial charge on any atom is -0.379 e. The fourth-order valence-corrected chi connectivity index (χ4v) is 3.75. The zero-order chi connectivity index (χ0) is 20.6. The molecule has 3 heterocycles. The molecule has 0 radical (unpaired) electrons. The van der Waals surface area contributed by atoms with Crippen LogP contribution in [0, 0.1) is 5.92 Å². The summed E-state index contributed by atoms with van der Waals surface area (Å²) in [5.41, 5.74) is -1.36. The van der Waals surface area contributed by atoms with Gasteiger partial charge in [0, 0.05) is 25.6 Å². The molecule has 1 aromatic heterocycles. The quantitative estimate of drug-likeness (QED) is 0.749. The van der Waals surface area contributed by atoms with Crippen LogP contribution in [0.5, 0.6) is 0 Å². The van der Waals surface area contributed by atoms with Crippen molar-refractivity contribution in [2.45, 2.75) is 12.2 Å². The number of hydrogen-bond acceptors (Lipinski definition) is 6. The maximum Gasteiger partial charge on any atom is 0.417 e. The van der Waals surface area contributed by atoms with Crippen LogP contribution in [0.2, 0.25) is 0 Å². The van der Waals surface area contributed by atoms with Gasteiger partial charge in [0.15, 0.2) is 5.69 Å². The minimum atomic E-state index is -4.65. The molecule has 154 valence electrons. The van der Waals surface area contributed by atoms with Crippen molar-refractivity contribution >= 4 is 11.8 Å². The van der Waals surface area contributed by atoms with Crippen molar-refractivity contribution in [3.63, 3.8) is 0 Å². The third-order valence-corrected chi connectivity index (χ3v) is 5.06. The smallest absolute Gasteiger partial charge is 0.379 e. The van der Waals surface area contributed by atoms with Crippen molar-refractivity contribution in [2.75, 3.05) is 32.8 Å². The molecule has 0 saturated carbocycles. The highest BCUT2D eigenvalue weighted by Crippen LogP contribution is 2.33. The number of rotatable bonds is 2. The first-order valence-electron chi connectivity index (χ1n) is 8.96. The van der Waals surface area contributed by atoms with E-state index in [4.69, 9.17) is 4.74 Å². The van der Waals surface area contributed by atoms with E-state index in [2.05, 4.69) is 14.9 Å². The predicted octanol–water partition coefficient (Wildman–Crippen LogP) is 1.70. The number of carbonyl (C=O) groups is 2. The SMILES string of the molecule is O=C(c1cnon1)N1C[C@@H]2COC[C@H](C1)N(C(=O)c1ccccc1C(F)(F)F)C2. The van der Waals surface area contributed by atoms with Crippen molar-refractivity contribution in [2.24, 2.45) is 5.92 Å². The number of alkyl halides is 3. The Labute approximate surface area is 163 Å². The lowest BCUT2D eigenvalue weighted by atomic mass is 10.0. The van der Waals surface area contributed by atoms with Gasteiger partial charge in [0.05, 0.1) is 30.4 Å². The number of halogens is 3. The largest absolute Gasteiger partial charge is 0.417 e. The van der Waals surface area contributed by atoms with E-state index >= 15 is 0 Å². The van der Waals surface area contributed by atoms with Crippen LogP contribution in [0.3, 0.4) is 0 Å². The third kappa shape index (κ3) is 3.82. The highest BCUT2D eigenvalue weighted by Gasteiger charge is 2.41. The van der Waals surface area contributed by atoms with Crippen LogP contribution in [0.25, 0.3) is 0 Å². The molecule has 2 bridgehead atoms. The highest BCUT2D eigenvalue weighted by atomic mass is 19.4. The molecule has 29 heavy (non-hydrogen) atoms. The van der Waals surface area contributed by atoms with Crippen LogP contribution in [-0.2, 0) is 10.9 Å². The Bertz CT molecular complexity index is 903. The van der Waals surface area contributed by atoms with Crippen LogP contribution >= 0.6 is 0 Å². The molecule has 0 N–H and O–H groups in total. The Morgan fingerprint density at radius 1 is 1.07 bits per heavy atom. The first-order valence-corrected chi connectivity index (χ1v) is 8.96. The molecule has 2 amide bonds. The van der Waals surface area contributed by atoms with Gasteiger partial charge in [0.1, 0.15) is 6.20 Å². The van der Waals surface area contributed by atoms with Gasteiger partial charge >= 0.3 is 6.18 Å². The van der Waals surface area contributed by atoms with Crippen molar-refractivity contribution < 1.29 is 32.1 Å². The highest BCUT2D eigenvalue weighted by molar-refractivity contribution is 5.96. The van der Waals surface area contributed by atoms with E-state index in [9.17, 15) is 22.8 Å². The topological polar surface area (TPSA) is 88.8 Å². The van der Waals surface area contributed by atoms with E-state index in [1.54, 1.807) is 0 Å². The molecule has 2 aromatic rings. The van der Waals surface area contributed by atoms with Gasteiger partial charge in [0.2, 0.25) is 0 Å². The second kappa shape index (κ2) is 7.47. The van der Waals surface area contributed by atoms with Crippen molar-refractivity contribution in [3.8, 4) is 0 Å². The molecule has 2 atom stereocenters. The molecule has 2 aliphatic heterocycles. The second-order valence-electron chi connectivity index (χ2n) is 7.06. The van der Waals surface area contributed by atoms with E-state index in [-0.39, 0.29) is 37.9 Å². The number of amides is 2. The second-order valence-corrected chi connectivity index (χ2v) is 7.06. The Hall–Kier alpha value is -2.95. The summed E-state index contributed by atoms with van der Waals surface area (Å²) < 4.78 is 50.2. The van der Waals surface area contributed by atoms with Crippen molar-refractivity contribution in [1.29, 1.82) is 0 Å². The van der Waals surface area contributed by atoms with Crippen molar-refractivity contribution in [3.05, 3.63) is 47.3 Å². The zero-order valence-corrected chi connectivity index (χ0v) is 15.1. The van der Waals surface area contributed by atoms with E-state index in [0.717, 1.165) is 6.07 Å². The summed E-state index contributed by atoms with van der Waals surface area (Å²) in [6.07, 6.45) is -3.45. The van der Waals surface area contributed by atoms with Gasteiger partial charge in [-0.05, 0) is 17.3 Å². The van der Waals surface area contributed by atoms with Crippen LogP contribution in [-0.4, -0.2) is 70.8 Å². The summed E-state index contributed by atoms with van der Waals surface area (Å²) in [5.74, 6) is -1.38. The summed E-state index contributed by atoms with van der Waals surface area (Å²) in [6.45, 7) is 1.00. The van der Waals surface area contributed by atoms with Gasteiger partial charge in [0.25, 0.3) is 11.8 Å². The molecule has 4 rings (SSSR count). The monoisotopic (exact) mass is 410 g/mol. The predicted molar refractivity (Wildman–Crippen MR) is 90.8 cm³/mol. The average Bonchev–Trinajstić information content (AvgIpc) is 3.06. The van der Waals surface area contributed by atoms with Crippen LogP contribution < -0.4 is 0 Å². The van der Waals surface area contributed by atoms with E-state index in [1.165, 1.54) is 34.2 Å². The van der Waals surface area contributed by atoms with Gasteiger partial charge in [-0.3, -0.25) is 9.59 Å². The molecule has 11 heteroatoms. The fraction of sp³-hybridized carbons (Fsp3) is 0.444. The fourth-order valence-electron chi connectivity index (χ4n) is 3.75. The standard InChI is InChI=1S/C18H17F3N4O4/c19-18(20,21)14-4-2-1-3-13(14)16(26)25-7-11-6-24(8-12(25)10-28-9-11)17(27)15-5-22-29-23-15/h1-5,11-12H,6-10H2/t11-,12-/m0/s1. The molecule has 2 aliphatic rings. The number of fused-ring (bicyclic) bond motifs is 3. The van der Waals surface area contributed by atoms with E-state index < -0.39 is 35.2 Å². The third-order valence-electron chi connectivity index (χ3n) is 5.06. The normalized spacial score (nSPS) is 22.3. The van der Waals surface area contributed by atoms with Gasteiger partial charge < -0.3 is 14.5 Å². The number of nitrogens with zero attached hydrogens (tertiary/aromatic N) is 4. The Kier molecular flexibility index (Phi) is 4.99. The van der Waals surface area contributed by atoms with Crippen molar-refractivity contribution in [1.82, 2.24) is 20.1 Å². The van der Waals surface area contributed by atoms with E-state index in [1.807, 2.05) is 0 Å². The number of hydrogen-bond donors (Lipinski definition) is 0. The first-order chi connectivity index (χ1) is 13.8. The van der Waals surface area contributed by atoms with Gasteiger partial charge in [-0.1, -0.05) is 17.3 Å². The zero-order valence-electron chi connectivity index (χ0n) is 15.1. The maximum atomic E-state index is 13.4. The number of aromatic nitrogens is 2. The van der Waals surface area contributed by atoms with Gasteiger partial charge in [-0.2, -0.15) is 13.2 Å². The number of ether oxygens (including phenoxy) is 1. The van der Waals surface area contributed by atoms with Crippen LogP contribution in [0.4, 0.5) is 13.2 Å². The van der Waals surface area contributed by atoms with Gasteiger partial charge in [-0.25, -0.2) is 4.63 Å². The lowest BCUT2D eigenvalue weighted by Crippen LogP contribution is -2.48. The molecule has 8 nitrogen and oxygen atoms in total. The molecular weight excluding hydrogens is 393 g/mol. The lowest BCUT2D eigenvalue weighted by Gasteiger charge is -2.31. The molecule has 1 aromatic carbocycles. The first kappa shape index (κ1) is 19.4. The summed E-state index contributed by atoms with van der Waals surface area (Å²) in [7, 11) is 0. The minimum absolute atomic E-state index is 0.0335. The van der Waals surface area contributed by atoms with Crippen LogP contribution in [0.1, 0.15) is 26.4 Å². The number of carbonyl (C=O) groups excluding carboxylic acids is 2. The molecule has 0 unspecified atom stereocenters. The van der Waals surface area contributed by atoms with Crippen LogP contribution in [0.15, 0.2) is 35.1 Å². The van der Waals surface area contributed by atoms with E-state index in [0.29, 0.717) is 6.61 Å². The summed E-state index contributed by atoms with van der Waals surface area (Å²) in [6, 6.07) is 4.12. The lowest BCUT2D eigenvalue weighted by molar-refractivity contribution is -0.138. The summed E-state index contributed by atoms with van der Waals surface area (Å²) in [5, 5.41) is 6.96. The molecular formula is C18H17F3N4O4. The maximum absolute atomic E-state index is 13.4. The summed E-state index contributed by atoms with van der Waals surface area (Å²) >= 11 is 0. The Balaban J connectivity index is 1.63. The molecule has 2 fully saturated rings. The molecule has 0 spiro atoms. The Morgan fingerprint density at radius 2 is 1.86 bits per heavy atom. The number of benzene rings is 1. The molecule has 2 saturated heterocycles. The Morgan fingerprint density at radius 3 is 2.59 bits per heavy atom.